The zero-order valence-electron chi connectivity index (χ0n) is 13.8. The summed E-state index contributed by atoms with van der Waals surface area (Å²) >= 11 is 12.2. The van der Waals surface area contributed by atoms with Gasteiger partial charge in [-0.1, -0.05) is 41.4 Å². The smallest absolute Gasteiger partial charge is 0.254 e. The van der Waals surface area contributed by atoms with Crippen molar-refractivity contribution in [2.24, 2.45) is 0 Å². The highest BCUT2D eigenvalue weighted by atomic mass is 35.5. The number of rotatable bonds is 6. The van der Waals surface area contributed by atoms with Crippen LogP contribution in [0, 0.1) is 0 Å². The van der Waals surface area contributed by atoms with Crippen LogP contribution in [-0.2, 0) is 6.54 Å². The number of carbonyl (C=O) groups is 1. The third-order valence-corrected chi connectivity index (χ3v) is 4.04. The van der Waals surface area contributed by atoms with Crippen molar-refractivity contribution < 1.29 is 14.3 Å². The predicted octanol–water partition coefficient (Wildman–Crippen LogP) is 4.67. The summed E-state index contributed by atoms with van der Waals surface area (Å²) in [6, 6.07) is 10.7. The molecule has 0 N–H and O–H groups in total. The molecule has 2 aromatic rings. The van der Waals surface area contributed by atoms with Crippen molar-refractivity contribution in [3.63, 3.8) is 0 Å². The van der Waals surface area contributed by atoms with Gasteiger partial charge in [-0.05, 0) is 25.1 Å². The summed E-state index contributed by atoms with van der Waals surface area (Å²) in [5.41, 5.74) is 1.34. The number of amides is 1. The zero-order chi connectivity index (χ0) is 17.7. The summed E-state index contributed by atoms with van der Waals surface area (Å²) in [6.45, 7) is 2.90. The number of hydrogen-bond acceptors (Lipinski definition) is 3. The standard InChI is InChI=1S/C18H19Cl2NO3/c1-4-24-16-8-6-5-7-12(16)11-21(2)18(22)13-9-14(19)17(23-3)15(20)10-13/h5-10H,4,11H2,1-3H3. The minimum atomic E-state index is -0.187. The number of nitrogens with zero attached hydrogens (tertiary/aromatic N) is 1. The van der Waals surface area contributed by atoms with Gasteiger partial charge in [-0.15, -0.1) is 0 Å². The summed E-state index contributed by atoms with van der Waals surface area (Å²) in [7, 11) is 3.20. The van der Waals surface area contributed by atoms with E-state index >= 15 is 0 Å². The third kappa shape index (κ3) is 4.13. The molecule has 0 atom stereocenters. The summed E-state index contributed by atoms with van der Waals surface area (Å²) in [6.07, 6.45) is 0. The molecule has 0 spiro atoms. The van der Waals surface area contributed by atoms with E-state index in [-0.39, 0.29) is 5.91 Å². The Morgan fingerprint density at radius 3 is 2.38 bits per heavy atom. The second kappa shape index (κ2) is 8.27. The highest BCUT2D eigenvalue weighted by Crippen LogP contribution is 2.34. The molecule has 4 nitrogen and oxygen atoms in total. The second-order valence-electron chi connectivity index (χ2n) is 5.18. The molecule has 0 saturated heterocycles. The molecule has 0 aromatic heterocycles. The molecule has 24 heavy (non-hydrogen) atoms. The van der Waals surface area contributed by atoms with Crippen molar-refractivity contribution in [1.29, 1.82) is 0 Å². The predicted molar refractivity (Wildman–Crippen MR) is 96.4 cm³/mol. The molecule has 0 radical (unpaired) electrons. The fraction of sp³-hybridized carbons (Fsp3) is 0.278. The van der Waals surface area contributed by atoms with E-state index in [2.05, 4.69) is 0 Å². The fourth-order valence-corrected chi connectivity index (χ4v) is 3.00. The van der Waals surface area contributed by atoms with Gasteiger partial charge in [0.2, 0.25) is 0 Å². The number of methoxy groups -OCH3 is 1. The van der Waals surface area contributed by atoms with Gasteiger partial charge >= 0.3 is 0 Å². The average molecular weight is 368 g/mol. The first-order chi connectivity index (χ1) is 11.5. The lowest BCUT2D eigenvalue weighted by Crippen LogP contribution is -2.26. The number of para-hydroxylation sites is 1. The van der Waals surface area contributed by atoms with E-state index in [1.165, 1.54) is 7.11 Å². The van der Waals surface area contributed by atoms with Crippen molar-refractivity contribution in [3.05, 3.63) is 57.6 Å². The molecule has 1 amide bonds. The van der Waals surface area contributed by atoms with Gasteiger partial charge in [0.05, 0.1) is 23.8 Å². The SMILES string of the molecule is CCOc1ccccc1CN(C)C(=O)c1cc(Cl)c(OC)c(Cl)c1. The quantitative estimate of drug-likeness (QED) is 0.744. The van der Waals surface area contributed by atoms with Crippen molar-refractivity contribution in [2.45, 2.75) is 13.5 Å². The Kier molecular flexibility index (Phi) is 6.35. The monoisotopic (exact) mass is 367 g/mol. The number of benzene rings is 2. The third-order valence-electron chi connectivity index (χ3n) is 3.48. The van der Waals surface area contributed by atoms with Gasteiger partial charge in [-0.3, -0.25) is 4.79 Å². The van der Waals surface area contributed by atoms with Crippen molar-refractivity contribution in [2.75, 3.05) is 20.8 Å². The first-order valence-corrected chi connectivity index (χ1v) is 8.22. The van der Waals surface area contributed by atoms with Gasteiger partial charge in [0, 0.05) is 24.7 Å². The largest absolute Gasteiger partial charge is 0.494 e. The lowest BCUT2D eigenvalue weighted by molar-refractivity contribution is 0.0784. The van der Waals surface area contributed by atoms with Gasteiger partial charge in [0.1, 0.15) is 5.75 Å². The number of carbonyl (C=O) groups excluding carboxylic acids is 1. The van der Waals surface area contributed by atoms with Crippen LogP contribution in [0.15, 0.2) is 36.4 Å². The molecule has 0 aliphatic heterocycles. The molecular weight excluding hydrogens is 349 g/mol. The van der Waals surface area contributed by atoms with Crippen LogP contribution in [0.3, 0.4) is 0 Å². The number of ether oxygens (including phenoxy) is 2. The van der Waals surface area contributed by atoms with Crippen LogP contribution >= 0.6 is 23.2 Å². The maximum atomic E-state index is 12.6. The number of halogens is 2. The molecular formula is C18H19Cl2NO3. The van der Waals surface area contributed by atoms with Crippen LogP contribution in [0.4, 0.5) is 0 Å². The van der Waals surface area contributed by atoms with E-state index in [0.29, 0.717) is 34.5 Å². The Bertz CT molecular complexity index is 711. The Balaban J connectivity index is 2.22. The Labute approximate surface area is 151 Å². The normalized spacial score (nSPS) is 10.4. The molecule has 0 saturated carbocycles. The maximum absolute atomic E-state index is 12.6. The Hall–Kier alpha value is -1.91. The topological polar surface area (TPSA) is 38.8 Å². The summed E-state index contributed by atoms with van der Waals surface area (Å²) in [5.74, 6) is 0.942. The van der Waals surface area contributed by atoms with E-state index in [1.54, 1.807) is 24.1 Å². The molecule has 0 aliphatic carbocycles. The second-order valence-corrected chi connectivity index (χ2v) is 5.99. The van der Waals surface area contributed by atoms with Gasteiger partial charge in [0.25, 0.3) is 5.91 Å². The molecule has 0 bridgehead atoms. The van der Waals surface area contributed by atoms with Crippen molar-refractivity contribution in [1.82, 2.24) is 4.90 Å². The van der Waals surface area contributed by atoms with Crippen LogP contribution in [0.2, 0.25) is 10.0 Å². The summed E-state index contributed by atoms with van der Waals surface area (Å²) in [4.78, 5) is 14.2. The first kappa shape index (κ1) is 18.4. The van der Waals surface area contributed by atoms with Crippen LogP contribution in [-0.4, -0.2) is 31.6 Å². The van der Waals surface area contributed by atoms with E-state index in [4.69, 9.17) is 32.7 Å². The molecule has 2 rings (SSSR count). The fourth-order valence-electron chi connectivity index (χ4n) is 2.36. The molecule has 6 heteroatoms. The van der Waals surface area contributed by atoms with Gasteiger partial charge < -0.3 is 14.4 Å². The molecule has 2 aromatic carbocycles. The molecule has 0 fully saturated rings. The molecule has 0 heterocycles. The first-order valence-electron chi connectivity index (χ1n) is 7.47. The summed E-state index contributed by atoms with van der Waals surface area (Å²) < 4.78 is 10.7. The Morgan fingerprint density at radius 1 is 1.17 bits per heavy atom. The average Bonchev–Trinajstić information content (AvgIpc) is 2.55. The minimum absolute atomic E-state index is 0.187. The van der Waals surface area contributed by atoms with Crippen LogP contribution in [0.5, 0.6) is 11.5 Å². The molecule has 128 valence electrons. The lowest BCUT2D eigenvalue weighted by atomic mass is 10.1. The highest BCUT2D eigenvalue weighted by molar-refractivity contribution is 6.37. The zero-order valence-corrected chi connectivity index (χ0v) is 15.3. The van der Waals surface area contributed by atoms with Gasteiger partial charge in [-0.2, -0.15) is 0 Å². The highest BCUT2D eigenvalue weighted by Gasteiger charge is 2.18. The van der Waals surface area contributed by atoms with E-state index in [9.17, 15) is 4.79 Å². The minimum Gasteiger partial charge on any atom is -0.494 e. The van der Waals surface area contributed by atoms with Gasteiger partial charge in [-0.25, -0.2) is 0 Å². The number of hydrogen-bond donors (Lipinski definition) is 0. The van der Waals surface area contributed by atoms with E-state index < -0.39 is 0 Å². The molecule has 0 aliphatic rings. The van der Waals surface area contributed by atoms with Gasteiger partial charge in [0.15, 0.2) is 5.75 Å². The maximum Gasteiger partial charge on any atom is 0.254 e. The molecule has 0 unspecified atom stereocenters. The van der Waals surface area contributed by atoms with Crippen LogP contribution in [0.25, 0.3) is 0 Å². The van der Waals surface area contributed by atoms with E-state index in [0.717, 1.165) is 11.3 Å². The van der Waals surface area contributed by atoms with E-state index in [1.807, 2.05) is 31.2 Å². The van der Waals surface area contributed by atoms with Crippen molar-refractivity contribution >= 4 is 29.1 Å². The van der Waals surface area contributed by atoms with Crippen molar-refractivity contribution in [3.8, 4) is 11.5 Å². The lowest BCUT2D eigenvalue weighted by Gasteiger charge is -2.20. The van der Waals surface area contributed by atoms with Crippen LogP contribution in [0.1, 0.15) is 22.8 Å². The Morgan fingerprint density at radius 2 is 1.79 bits per heavy atom. The summed E-state index contributed by atoms with van der Waals surface area (Å²) in [5, 5.41) is 0.605. The van der Waals surface area contributed by atoms with Crippen LogP contribution < -0.4 is 9.47 Å².